The molecule has 0 radical (unpaired) electrons. The number of phenols is 1. The van der Waals surface area contributed by atoms with Gasteiger partial charge in [0.1, 0.15) is 11.6 Å². The number of likely N-dealkylation sites (tertiary alicyclic amines) is 1. The summed E-state index contributed by atoms with van der Waals surface area (Å²) in [6.07, 6.45) is 2.47. The zero-order valence-electron chi connectivity index (χ0n) is 11.9. The number of piperidine rings is 1. The van der Waals surface area contributed by atoms with Crippen LogP contribution in [-0.4, -0.2) is 48.3 Å². The molecule has 0 spiro atoms. The standard InChI is InChI=1S/C15H21FN2O3/c16-14-10-11(19)2-3-13(14)15(20)18-7-4-12(5-8-18)21-9-1-6-17/h2-3,10,12,19H,1,4-9,17H2. The Labute approximate surface area is 123 Å². The maximum absolute atomic E-state index is 13.7. The average Bonchev–Trinajstić information content (AvgIpc) is 2.48. The van der Waals surface area contributed by atoms with Gasteiger partial charge in [0.2, 0.25) is 0 Å². The first-order valence-electron chi connectivity index (χ1n) is 7.21. The van der Waals surface area contributed by atoms with Crippen LogP contribution in [0.5, 0.6) is 5.75 Å². The fraction of sp³-hybridized carbons (Fsp3) is 0.533. The molecule has 3 N–H and O–H groups in total. The Bertz CT molecular complexity index is 488. The number of ether oxygens (including phenoxy) is 1. The molecule has 2 rings (SSSR count). The van der Waals surface area contributed by atoms with Crippen LogP contribution < -0.4 is 5.73 Å². The molecule has 21 heavy (non-hydrogen) atoms. The van der Waals surface area contributed by atoms with Crippen molar-refractivity contribution in [1.82, 2.24) is 4.90 Å². The molecule has 1 saturated heterocycles. The van der Waals surface area contributed by atoms with Crippen molar-refractivity contribution in [3.05, 3.63) is 29.6 Å². The molecule has 0 aliphatic carbocycles. The summed E-state index contributed by atoms with van der Waals surface area (Å²) in [5.74, 6) is -1.22. The summed E-state index contributed by atoms with van der Waals surface area (Å²) < 4.78 is 19.4. The number of hydrogen-bond acceptors (Lipinski definition) is 4. The van der Waals surface area contributed by atoms with Crippen LogP contribution in [0.1, 0.15) is 29.6 Å². The molecule has 0 saturated carbocycles. The number of nitrogens with two attached hydrogens (primary N) is 1. The summed E-state index contributed by atoms with van der Waals surface area (Å²) in [6, 6.07) is 3.59. The molecule has 1 aliphatic heterocycles. The lowest BCUT2D eigenvalue weighted by atomic mass is 10.1. The molecule has 6 heteroatoms. The highest BCUT2D eigenvalue weighted by Crippen LogP contribution is 2.20. The van der Waals surface area contributed by atoms with Crippen molar-refractivity contribution in [1.29, 1.82) is 0 Å². The van der Waals surface area contributed by atoms with Gasteiger partial charge in [0.05, 0.1) is 11.7 Å². The average molecular weight is 296 g/mol. The molecule has 1 aliphatic rings. The Balaban J connectivity index is 1.88. The lowest BCUT2D eigenvalue weighted by Crippen LogP contribution is -2.41. The number of benzene rings is 1. The first-order chi connectivity index (χ1) is 10.1. The van der Waals surface area contributed by atoms with Gasteiger partial charge in [0, 0.05) is 25.8 Å². The summed E-state index contributed by atoms with van der Waals surface area (Å²) in [7, 11) is 0. The van der Waals surface area contributed by atoms with Gasteiger partial charge in [-0.15, -0.1) is 0 Å². The summed E-state index contributed by atoms with van der Waals surface area (Å²) in [4.78, 5) is 13.9. The first-order valence-corrected chi connectivity index (χ1v) is 7.21. The summed E-state index contributed by atoms with van der Waals surface area (Å²) in [5.41, 5.74) is 5.40. The molecule has 1 amide bonds. The molecule has 0 bridgehead atoms. The fourth-order valence-corrected chi connectivity index (χ4v) is 2.41. The first kappa shape index (κ1) is 15.7. The third kappa shape index (κ3) is 4.15. The van der Waals surface area contributed by atoms with Gasteiger partial charge in [0.25, 0.3) is 5.91 Å². The van der Waals surface area contributed by atoms with Gasteiger partial charge in [-0.05, 0) is 37.9 Å². The van der Waals surface area contributed by atoms with Gasteiger partial charge in [-0.25, -0.2) is 4.39 Å². The summed E-state index contributed by atoms with van der Waals surface area (Å²) in [5, 5.41) is 9.18. The van der Waals surface area contributed by atoms with Gasteiger partial charge in [-0.1, -0.05) is 0 Å². The summed E-state index contributed by atoms with van der Waals surface area (Å²) in [6.45, 7) is 2.35. The van der Waals surface area contributed by atoms with Crippen LogP contribution in [0.4, 0.5) is 4.39 Å². The van der Waals surface area contributed by atoms with Crippen molar-refractivity contribution in [2.45, 2.75) is 25.4 Å². The number of amides is 1. The second kappa shape index (κ2) is 7.38. The van der Waals surface area contributed by atoms with Crippen LogP contribution in [-0.2, 0) is 4.74 Å². The topological polar surface area (TPSA) is 75.8 Å². The van der Waals surface area contributed by atoms with E-state index in [1.54, 1.807) is 4.90 Å². The molecule has 0 unspecified atom stereocenters. The van der Waals surface area contributed by atoms with Gasteiger partial charge in [0.15, 0.2) is 0 Å². The van der Waals surface area contributed by atoms with Crippen molar-refractivity contribution in [3.63, 3.8) is 0 Å². The number of rotatable bonds is 5. The number of aromatic hydroxyl groups is 1. The van der Waals surface area contributed by atoms with Gasteiger partial charge in [-0.2, -0.15) is 0 Å². The molecular formula is C15H21FN2O3. The molecule has 116 valence electrons. The molecule has 1 aromatic rings. The number of nitrogens with zero attached hydrogens (tertiary/aromatic N) is 1. The Morgan fingerprint density at radius 3 is 2.76 bits per heavy atom. The molecule has 1 aromatic carbocycles. The van der Waals surface area contributed by atoms with Crippen LogP contribution in [0.25, 0.3) is 0 Å². The number of halogens is 1. The smallest absolute Gasteiger partial charge is 0.256 e. The molecule has 5 nitrogen and oxygen atoms in total. The highest BCUT2D eigenvalue weighted by atomic mass is 19.1. The predicted octanol–water partition coefficient (Wildman–Crippen LogP) is 1.50. The second-order valence-electron chi connectivity index (χ2n) is 5.17. The normalized spacial score (nSPS) is 16.2. The van der Waals surface area contributed by atoms with Crippen LogP contribution in [0, 0.1) is 5.82 Å². The number of phenolic OH excluding ortho intramolecular Hbond substituents is 1. The van der Waals surface area contributed by atoms with E-state index in [4.69, 9.17) is 10.5 Å². The van der Waals surface area contributed by atoms with E-state index in [1.807, 2.05) is 0 Å². The van der Waals surface area contributed by atoms with E-state index in [1.165, 1.54) is 12.1 Å². The molecular weight excluding hydrogens is 275 g/mol. The van der Waals surface area contributed by atoms with Crippen LogP contribution >= 0.6 is 0 Å². The zero-order chi connectivity index (χ0) is 15.2. The predicted molar refractivity (Wildman–Crippen MR) is 76.6 cm³/mol. The maximum Gasteiger partial charge on any atom is 0.256 e. The third-order valence-corrected chi connectivity index (χ3v) is 3.61. The van der Waals surface area contributed by atoms with Gasteiger partial charge < -0.3 is 20.5 Å². The Morgan fingerprint density at radius 1 is 1.43 bits per heavy atom. The van der Waals surface area contributed by atoms with Crippen molar-refractivity contribution in [2.75, 3.05) is 26.2 Å². The van der Waals surface area contributed by atoms with Crippen molar-refractivity contribution in [3.8, 4) is 5.75 Å². The van der Waals surface area contributed by atoms with Crippen molar-refractivity contribution >= 4 is 5.91 Å². The number of carbonyl (C=O) groups is 1. The van der Waals surface area contributed by atoms with Gasteiger partial charge in [-0.3, -0.25) is 4.79 Å². The highest BCUT2D eigenvalue weighted by molar-refractivity contribution is 5.94. The van der Waals surface area contributed by atoms with Crippen molar-refractivity contribution in [2.24, 2.45) is 5.73 Å². The minimum atomic E-state index is -0.693. The third-order valence-electron chi connectivity index (χ3n) is 3.61. The SMILES string of the molecule is NCCCOC1CCN(C(=O)c2ccc(O)cc2F)CC1. The molecule has 1 heterocycles. The Hall–Kier alpha value is -1.66. The van der Waals surface area contributed by atoms with E-state index in [9.17, 15) is 14.3 Å². The Kier molecular flexibility index (Phi) is 5.52. The largest absolute Gasteiger partial charge is 0.508 e. The Morgan fingerprint density at radius 2 is 2.14 bits per heavy atom. The zero-order valence-corrected chi connectivity index (χ0v) is 11.9. The summed E-state index contributed by atoms with van der Waals surface area (Å²) >= 11 is 0. The van der Waals surface area contributed by atoms with Crippen molar-refractivity contribution < 1.29 is 19.0 Å². The van der Waals surface area contributed by atoms with E-state index < -0.39 is 5.82 Å². The number of carbonyl (C=O) groups excluding carboxylic acids is 1. The molecule has 0 aromatic heterocycles. The lowest BCUT2D eigenvalue weighted by Gasteiger charge is -2.32. The van der Waals surface area contributed by atoms with E-state index in [-0.39, 0.29) is 23.3 Å². The highest BCUT2D eigenvalue weighted by Gasteiger charge is 2.25. The van der Waals surface area contributed by atoms with E-state index >= 15 is 0 Å². The van der Waals surface area contributed by atoms with E-state index in [0.29, 0.717) is 26.2 Å². The quantitative estimate of drug-likeness (QED) is 0.807. The van der Waals surface area contributed by atoms with Crippen LogP contribution in [0.3, 0.4) is 0 Å². The van der Waals surface area contributed by atoms with E-state index in [0.717, 1.165) is 25.3 Å². The lowest BCUT2D eigenvalue weighted by molar-refractivity contribution is 0.00834. The minimum absolute atomic E-state index is 0.00435. The number of hydrogen-bond donors (Lipinski definition) is 2. The minimum Gasteiger partial charge on any atom is -0.508 e. The molecule has 1 fully saturated rings. The second-order valence-corrected chi connectivity index (χ2v) is 5.17. The van der Waals surface area contributed by atoms with Crippen LogP contribution in [0.15, 0.2) is 18.2 Å². The van der Waals surface area contributed by atoms with E-state index in [2.05, 4.69) is 0 Å². The monoisotopic (exact) mass is 296 g/mol. The van der Waals surface area contributed by atoms with Crippen LogP contribution in [0.2, 0.25) is 0 Å². The fourth-order valence-electron chi connectivity index (χ4n) is 2.41. The molecule has 0 atom stereocenters. The van der Waals surface area contributed by atoms with Gasteiger partial charge >= 0.3 is 0 Å². The maximum atomic E-state index is 13.7.